The molecule has 2 heterocycles. The number of nitrogens with zero attached hydrogens (tertiary/aromatic N) is 3. The van der Waals surface area contributed by atoms with Gasteiger partial charge in [-0.15, -0.1) is 0 Å². The lowest BCUT2D eigenvalue weighted by Crippen LogP contribution is -2.29. The Bertz CT molecular complexity index is 1360. The first-order valence-corrected chi connectivity index (χ1v) is 10.8. The highest BCUT2D eigenvalue weighted by Crippen LogP contribution is 2.43. The van der Waals surface area contributed by atoms with E-state index < -0.39 is 17.7 Å². The highest BCUT2D eigenvalue weighted by Gasteiger charge is 2.47. The molecule has 1 atom stereocenters. The first-order chi connectivity index (χ1) is 16.5. The van der Waals surface area contributed by atoms with E-state index >= 15 is 0 Å². The normalized spacial score (nSPS) is 18.9. The van der Waals surface area contributed by atoms with Gasteiger partial charge in [-0.25, -0.2) is 0 Å². The van der Waals surface area contributed by atoms with Gasteiger partial charge in [0, 0.05) is 18.3 Å². The maximum Gasteiger partial charge on any atom is 0.300 e. The Morgan fingerprint density at radius 2 is 1.79 bits per heavy atom. The lowest BCUT2D eigenvalue weighted by molar-refractivity contribution is -0.132. The molecule has 1 saturated heterocycles. The van der Waals surface area contributed by atoms with Crippen LogP contribution in [0, 0.1) is 11.3 Å². The van der Waals surface area contributed by atoms with Gasteiger partial charge in [-0.05, 0) is 48.0 Å². The molecule has 1 unspecified atom stereocenters. The number of rotatable bonds is 3. The molecule has 7 heteroatoms. The molecule has 3 aromatic carbocycles. The predicted molar refractivity (Wildman–Crippen MR) is 128 cm³/mol. The molecule has 0 saturated carbocycles. The third-order valence-electron chi connectivity index (χ3n) is 6.16. The molecule has 7 nitrogen and oxygen atoms in total. The molecule has 1 fully saturated rings. The third-order valence-corrected chi connectivity index (χ3v) is 6.16. The van der Waals surface area contributed by atoms with Crippen molar-refractivity contribution in [3.63, 3.8) is 0 Å². The first-order valence-electron chi connectivity index (χ1n) is 10.8. The zero-order valence-electron chi connectivity index (χ0n) is 18.4. The number of likely N-dealkylation sites (N-methyl/N-ethyl adjacent to an activating group) is 1. The Labute approximate surface area is 196 Å². The Balaban J connectivity index is 1.68. The summed E-state index contributed by atoms with van der Waals surface area (Å²) in [7, 11) is 1.93. The van der Waals surface area contributed by atoms with Crippen molar-refractivity contribution in [2.24, 2.45) is 0 Å². The van der Waals surface area contributed by atoms with Crippen LogP contribution in [0.25, 0.3) is 5.76 Å². The topological polar surface area (TPSA) is 93.9 Å². The summed E-state index contributed by atoms with van der Waals surface area (Å²) in [5.74, 6) is -1.05. The van der Waals surface area contributed by atoms with Crippen LogP contribution >= 0.6 is 0 Å². The van der Waals surface area contributed by atoms with Crippen LogP contribution in [-0.4, -0.2) is 37.0 Å². The Morgan fingerprint density at radius 3 is 2.50 bits per heavy atom. The monoisotopic (exact) mass is 451 g/mol. The number of Topliss-reactive ketones (excluding diaryl/α,β-unsaturated/α-hetero) is 1. The van der Waals surface area contributed by atoms with E-state index in [4.69, 9.17) is 10.00 Å². The smallest absolute Gasteiger partial charge is 0.300 e. The van der Waals surface area contributed by atoms with Crippen LogP contribution in [0.5, 0.6) is 5.75 Å². The van der Waals surface area contributed by atoms with E-state index in [1.165, 1.54) is 4.90 Å². The van der Waals surface area contributed by atoms with E-state index in [0.29, 0.717) is 41.3 Å². The summed E-state index contributed by atoms with van der Waals surface area (Å²) in [5, 5.41) is 20.5. The number of nitriles is 1. The quantitative estimate of drug-likeness (QED) is 0.367. The average Bonchev–Trinajstić information content (AvgIpc) is 3.14. The van der Waals surface area contributed by atoms with Crippen molar-refractivity contribution < 1.29 is 19.4 Å². The average molecular weight is 451 g/mol. The number of ketones is 1. The fraction of sp³-hybridized carbons (Fsp3) is 0.148. The van der Waals surface area contributed by atoms with Gasteiger partial charge >= 0.3 is 0 Å². The fourth-order valence-electron chi connectivity index (χ4n) is 4.40. The SMILES string of the molecule is CN1CCOc2ccc(/C(O)=C3/C(=O)C(=O)N(c4ccc(C#N)cc4)C3c3ccccc3)cc21. The fourth-order valence-corrected chi connectivity index (χ4v) is 4.40. The van der Waals surface area contributed by atoms with Gasteiger partial charge in [-0.2, -0.15) is 5.26 Å². The van der Waals surface area contributed by atoms with Crippen molar-refractivity contribution in [2.45, 2.75) is 6.04 Å². The minimum absolute atomic E-state index is 0.0138. The van der Waals surface area contributed by atoms with Crippen molar-refractivity contribution in [3.05, 3.63) is 95.1 Å². The summed E-state index contributed by atoms with van der Waals surface area (Å²) in [6, 6.07) is 22.0. The van der Waals surface area contributed by atoms with Crippen LogP contribution in [0.15, 0.2) is 78.4 Å². The number of anilines is 2. The maximum absolute atomic E-state index is 13.3. The van der Waals surface area contributed by atoms with E-state index in [2.05, 4.69) is 6.07 Å². The summed E-state index contributed by atoms with van der Waals surface area (Å²) < 4.78 is 5.68. The van der Waals surface area contributed by atoms with Gasteiger partial charge in [-0.3, -0.25) is 14.5 Å². The summed E-state index contributed by atoms with van der Waals surface area (Å²) in [6.07, 6.45) is 0. The number of carbonyl (C=O) groups excluding carboxylic acids is 2. The molecule has 0 spiro atoms. The Hall–Kier alpha value is -4.57. The molecule has 0 aliphatic carbocycles. The molecule has 0 radical (unpaired) electrons. The number of benzene rings is 3. The zero-order valence-corrected chi connectivity index (χ0v) is 18.4. The van der Waals surface area contributed by atoms with E-state index in [9.17, 15) is 14.7 Å². The van der Waals surface area contributed by atoms with E-state index in [1.807, 2.05) is 42.3 Å². The molecular weight excluding hydrogens is 430 g/mol. The van der Waals surface area contributed by atoms with Gasteiger partial charge in [0.25, 0.3) is 11.7 Å². The van der Waals surface area contributed by atoms with Gasteiger partial charge in [-0.1, -0.05) is 30.3 Å². The Kier molecular flexibility index (Phi) is 5.27. The second kappa shape index (κ2) is 8.41. The third kappa shape index (κ3) is 3.46. The molecule has 0 bridgehead atoms. The number of hydrogen-bond donors (Lipinski definition) is 1. The highest BCUT2D eigenvalue weighted by molar-refractivity contribution is 6.51. The minimum Gasteiger partial charge on any atom is -0.507 e. The molecule has 1 N–H and O–H groups in total. The number of ether oxygens (including phenoxy) is 1. The molecule has 1 amide bonds. The van der Waals surface area contributed by atoms with Crippen LogP contribution in [0.1, 0.15) is 22.7 Å². The van der Waals surface area contributed by atoms with Gasteiger partial charge in [0.05, 0.1) is 35.5 Å². The minimum atomic E-state index is -0.820. The first kappa shape index (κ1) is 21.3. The number of carbonyl (C=O) groups is 2. The number of hydrogen-bond acceptors (Lipinski definition) is 6. The van der Waals surface area contributed by atoms with Gasteiger partial charge in [0.1, 0.15) is 18.1 Å². The van der Waals surface area contributed by atoms with Crippen molar-refractivity contribution in [1.82, 2.24) is 0 Å². The molecule has 34 heavy (non-hydrogen) atoms. The Morgan fingerprint density at radius 1 is 1.06 bits per heavy atom. The standard InChI is InChI=1S/C27H21N3O4/c1-29-13-14-34-22-12-9-19(15-21(22)29)25(31)23-24(18-5-3-2-4-6-18)30(27(33)26(23)32)20-10-7-17(16-28)8-11-20/h2-12,15,24,31H,13-14H2,1H3/b25-23-. The predicted octanol–water partition coefficient (Wildman–Crippen LogP) is 4.01. The number of fused-ring (bicyclic) bond motifs is 1. The van der Waals surface area contributed by atoms with Gasteiger partial charge < -0.3 is 14.7 Å². The van der Waals surface area contributed by atoms with E-state index in [1.54, 1.807) is 42.5 Å². The summed E-state index contributed by atoms with van der Waals surface area (Å²) in [6.45, 7) is 1.27. The van der Waals surface area contributed by atoms with Crippen LogP contribution in [0.3, 0.4) is 0 Å². The second-order valence-electron chi connectivity index (χ2n) is 8.19. The largest absolute Gasteiger partial charge is 0.507 e. The van der Waals surface area contributed by atoms with Crippen molar-refractivity contribution in [3.8, 4) is 11.8 Å². The molecule has 3 aromatic rings. The van der Waals surface area contributed by atoms with Crippen molar-refractivity contribution in [2.75, 3.05) is 30.0 Å². The summed E-state index contributed by atoms with van der Waals surface area (Å²) in [5.41, 5.74) is 2.83. The van der Waals surface area contributed by atoms with Crippen LogP contribution < -0.4 is 14.5 Å². The van der Waals surface area contributed by atoms with Crippen LogP contribution in [0.2, 0.25) is 0 Å². The molecule has 2 aliphatic rings. The van der Waals surface area contributed by atoms with Gasteiger partial charge in [0.2, 0.25) is 0 Å². The summed E-state index contributed by atoms with van der Waals surface area (Å²) in [4.78, 5) is 29.9. The van der Waals surface area contributed by atoms with Gasteiger partial charge in [0.15, 0.2) is 0 Å². The number of aliphatic hydroxyl groups excluding tert-OH is 1. The molecule has 0 aromatic heterocycles. The molecular formula is C27H21N3O4. The summed E-state index contributed by atoms with van der Waals surface area (Å²) >= 11 is 0. The molecule has 2 aliphatic heterocycles. The molecule has 5 rings (SSSR count). The molecule has 168 valence electrons. The highest BCUT2D eigenvalue weighted by atomic mass is 16.5. The maximum atomic E-state index is 13.3. The van der Waals surface area contributed by atoms with E-state index in [-0.39, 0.29) is 11.3 Å². The number of amides is 1. The number of aliphatic hydroxyl groups is 1. The second-order valence-corrected chi connectivity index (χ2v) is 8.19. The lowest BCUT2D eigenvalue weighted by atomic mass is 9.95. The van der Waals surface area contributed by atoms with Crippen molar-refractivity contribution in [1.29, 1.82) is 5.26 Å². The van der Waals surface area contributed by atoms with Crippen LogP contribution in [-0.2, 0) is 9.59 Å². The lowest BCUT2D eigenvalue weighted by Gasteiger charge is -2.28. The van der Waals surface area contributed by atoms with E-state index in [0.717, 1.165) is 5.69 Å². The zero-order chi connectivity index (χ0) is 23.8. The van der Waals surface area contributed by atoms with Crippen LogP contribution in [0.4, 0.5) is 11.4 Å². The van der Waals surface area contributed by atoms with Crippen molar-refractivity contribution >= 4 is 28.8 Å².